The van der Waals surface area contributed by atoms with Gasteiger partial charge in [-0.1, -0.05) is 32.9 Å². The molecule has 1 aromatic heterocycles. The summed E-state index contributed by atoms with van der Waals surface area (Å²) >= 11 is 0. The van der Waals surface area contributed by atoms with Gasteiger partial charge in [0, 0.05) is 23.3 Å². The molecule has 7 nitrogen and oxygen atoms in total. The molecule has 0 aliphatic rings. The lowest BCUT2D eigenvalue weighted by molar-refractivity contribution is -0.137. The number of aromatic nitrogens is 3. The van der Waals surface area contributed by atoms with Crippen LogP contribution >= 0.6 is 0 Å². The second kappa shape index (κ2) is 10.3. The maximum Gasteiger partial charge on any atom is 0.416 e. The van der Waals surface area contributed by atoms with Crippen molar-refractivity contribution in [1.29, 1.82) is 0 Å². The Balaban J connectivity index is 1.95. The third-order valence-corrected chi connectivity index (χ3v) is 4.75. The lowest BCUT2D eigenvalue weighted by Crippen LogP contribution is -2.27. The van der Waals surface area contributed by atoms with Crippen LogP contribution in [0.15, 0.2) is 48.5 Å². The molecule has 0 fully saturated rings. The molecule has 1 amide bonds. The molecule has 10 heteroatoms. The van der Waals surface area contributed by atoms with Crippen LogP contribution in [0.5, 0.6) is 6.01 Å². The van der Waals surface area contributed by atoms with Gasteiger partial charge in [0.1, 0.15) is 6.61 Å². The van der Waals surface area contributed by atoms with Crippen LogP contribution in [0.1, 0.15) is 33.3 Å². The van der Waals surface area contributed by atoms with Gasteiger partial charge in [0.15, 0.2) is 5.82 Å². The normalized spacial score (nSPS) is 12.0. The number of carbonyl (C=O) groups is 1. The second-order valence-electron chi connectivity index (χ2n) is 8.50. The third-order valence-electron chi connectivity index (χ3n) is 4.75. The quantitative estimate of drug-likeness (QED) is 0.443. The largest absolute Gasteiger partial charge is 0.460 e. The molecule has 3 rings (SSSR count). The monoisotopic (exact) mass is 476 g/mol. The number of halogens is 3. The van der Waals surface area contributed by atoms with Crippen LogP contribution < -0.4 is 10.1 Å². The number of benzene rings is 2. The first-order valence-corrected chi connectivity index (χ1v) is 10.8. The first kappa shape index (κ1) is 25.2. The number of nitrogens with zero attached hydrogens (tertiary/aromatic N) is 3. The van der Waals surface area contributed by atoms with Gasteiger partial charge in [-0.25, -0.2) is 4.68 Å². The number of anilines is 1. The minimum absolute atomic E-state index is 0.0113. The average molecular weight is 476 g/mol. The molecule has 0 aliphatic heterocycles. The lowest BCUT2D eigenvalue weighted by Gasteiger charge is -2.17. The van der Waals surface area contributed by atoms with E-state index in [1.165, 1.54) is 16.8 Å². The van der Waals surface area contributed by atoms with Crippen LogP contribution in [0.3, 0.4) is 0 Å². The van der Waals surface area contributed by atoms with E-state index < -0.39 is 17.2 Å². The Morgan fingerprint density at radius 3 is 2.38 bits per heavy atom. The van der Waals surface area contributed by atoms with E-state index in [2.05, 4.69) is 15.4 Å². The Morgan fingerprint density at radius 1 is 1.06 bits per heavy atom. The number of carbonyl (C=O) groups excluding carboxylic acids is 1. The summed E-state index contributed by atoms with van der Waals surface area (Å²) in [6, 6.07) is 11.6. The van der Waals surface area contributed by atoms with Crippen molar-refractivity contribution in [2.75, 3.05) is 25.1 Å². The van der Waals surface area contributed by atoms with Gasteiger partial charge < -0.3 is 14.8 Å². The molecule has 0 aliphatic carbocycles. The molecule has 0 radical (unpaired) electrons. The van der Waals surface area contributed by atoms with E-state index in [0.29, 0.717) is 24.6 Å². The molecule has 0 saturated carbocycles. The number of hydrogen-bond donors (Lipinski definition) is 1. The van der Waals surface area contributed by atoms with Crippen LogP contribution in [0, 0.1) is 5.41 Å². The fourth-order valence-corrected chi connectivity index (χ4v) is 2.90. The molecule has 0 unspecified atom stereocenters. The fourth-order valence-electron chi connectivity index (χ4n) is 2.90. The first-order valence-electron chi connectivity index (χ1n) is 10.8. The lowest BCUT2D eigenvalue weighted by atomic mass is 9.95. The summed E-state index contributed by atoms with van der Waals surface area (Å²) in [5, 5.41) is 7.16. The maximum absolute atomic E-state index is 13.3. The van der Waals surface area contributed by atoms with Crippen LogP contribution in [0.25, 0.3) is 17.1 Å². The Hall–Kier alpha value is -3.40. The van der Waals surface area contributed by atoms with E-state index in [1.807, 2.05) is 6.92 Å². The summed E-state index contributed by atoms with van der Waals surface area (Å²) in [7, 11) is 0. The predicted octanol–water partition coefficient (Wildman–Crippen LogP) is 5.35. The van der Waals surface area contributed by atoms with E-state index in [-0.39, 0.29) is 29.9 Å². The van der Waals surface area contributed by atoms with Crippen LogP contribution in [-0.2, 0) is 15.7 Å². The predicted molar refractivity (Wildman–Crippen MR) is 122 cm³/mol. The van der Waals surface area contributed by atoms with Gasteiger partial charge in [0.25, 0.3) is 0 Å². The van der Waals surface area contributed by atoms with Crippen LogP contribution in [0.4, 0.5) is 18.9 Å². The summed E-state index contributed by atoms with van der Waals surface area (Å²) in [6.07, 6.45) is -4.50. The molecule has 182 valence electrons. The smallest absolute Gasteiger partial charge is 0.416 e. The highest BCUT2D eigenvalue weighted by Crippen LogP contribution is 2.33. The van der Waals surface area contributed by atoms with E-state index >= 15 is 0 Å². The Morgan fingerprint density at radius 2 is 1.76 bits per heavy atom. The number of hydrogen-bond acceptors (Lipinski definition) is 5. The van der Waals surface area contributed by atoms with Crippen molar-refractivity contribution in [2.24, 2.45) is 5.41 Å². The van der Waals surface area contributed by atoms with Crippen LogP contribution in [0.2, 0.25) is 0 Å². The molecular weight excluding hydrogens is 449 g/mol. The van der Waals surface area contributed by atoms with Gasteiger partial charge in [-0.15, -0.1) is 5.10 Å². The molecule has 3 aromatic rings. The van der Waals surface area contributed by atoms with E-state index in [4.69, 9.17) is 9.47 Å². The van der Waals surface area contributed by atoms with Crippen molar-refractivity contribution < 1.29 is 27.4 Å². The zero-order valence-electron chi connectivity index (χ0n) is 19.4. The standard InChI is InChI=1S/C24H27F3N4O3/c1-5-33-13-14-34-22-29-20(16-7-6-8-17(15-16)24(25,26)27)31(30-22)19-11-9-18(10-12-19)28-21(32)23(2,3)4/h6-12,15H,5,13-14H2,1-4H3,(H,28,32). The second-order valence-corrected chi connectivity index (χ2v) is 8.50. The molecule has 0 atom stereocenters. The highest BCUT2D eigenvalue weighted by Gasteiger charge is 2.31. The van der Waals surface area contributed by atoms with Crippen molar-refractivity contribution in [1.82, 2.24) is 14.8 Å². The fraction of sp³-hybridized carbons (Fsp3) is 0.375. The summed E-state index contributed by atoms with van der Waals surface area (Å²) in [4.78, 5) is 16.6. The zero-order valence-corrected chi connectivity index (χ0v) is 19.4. The molecule has 0 spiro atoms. The Bertz CT molecular complexity index is 1120. The van der Waals surface area contributed by atoms with Crippen molar-refractivity contribution in [2.45, 2.75) is 33.9 Å². The number of ether oxygens (including phenoxy) is 2. The Labute approximate surface area is 195 Å². The zero-order chi connectivity index (χ0) is 24.9. The highest BCUT2D eigenvalue weighted by molar-refractivity contribution is 5.94. The maximum atomic E-state index is 13.3. The molecule has 0 bridgehead atoms. The van der Waals surface area contributed by atoms with Gasteiger partial charge >= 0.3 is 12.2 Å². The van der Waals surface area contributed by atoms with Gasteiger partial charge in [0.2, 0.25) is 5.91 Å². The number of alkyl halides is 3. The molecule has 1 heterocycles. The van der Waals surface area contributed by atoms with Gasteiger partial charge in [-0.2, -0.15) is 18.2 Å². The summed E-state index contributed by atoms with van der Waals surface area (Å²) < 4.78 is 52.0. The highest BCUT2D eigenvalue weighted by atomic mass is 19.4. The van der Waals surface area contributed by atoms with Gasteiger partial charge in [-0.05, 0) is 43.3 Å². The van der Waals surface area contributed by atoms with Crippen LogP contribution in [-0.4, -0.2) is 40.5 Å². The summed E-state index contributed by atoms with van der Waals surface area (Å²) in [5.41, 5.74) is -0.00811. The SMILES string of the molecule is CCOCCOc1nc(-c2cccc(C(F)(F)F)c2)n(-c2ccc(NC(=O)C(C)(C)C)cc2)n1. The molecular formula is C24H27F3N4O3. The molecule has 2 aromatic carbocycles. The van der Waals surface area contributed by atoms with E-state index in [0.717, 1.165) is 12.1 Å². The Kier molecular flexibility index (Phi) is 7.61. The van der Waals surface area contributed by atoms with E-state index in [1.54, 1.807) is 45.0 Å². The van der Waals surface area contributed by atoms with Gasteiger partial charge in [-0.3, -0.25) is 4.79 Å². The van der Waals surface area contributed by atoms with E-state index in [9.17, 15) is 18.0 Å². The summed E-state index contributed by atoms with van der Waals surface area (Å²) in [5.74, 6) is 0.0413. The minimum atomic E-state index is -4.50. The van der Waals surface area contributed by atoms with Crippen molar-refractivity contribution in [3.05, 3.63) is 54.1 Å². The average Bonchev–Trinajstić information content (AvgIpc) is 3.20. The van der Waals surface area contributed by atoms with Crippen molar-refractivity contribution in [3.8, 4) is 23.1 Å². The van der Waals surface area contributed by atoms with Crippen molar-refractivity contribution in [3.63, 3.8) is 0 Å². The molecule has 1 N–H and O–H groups in total. The summed E-state index contributed by atoms with van der Waals surface area (Å²) in [6.45, 7) is 8.32. The molecule has 0 saturated heterocycles. The topological polar surface area (TPSA) is 78.3 Å². The number of amides is 1. The number of rotatable bonds is 8. The van der Waals surface area contributed by atoms with Gasteiger partial charge in [0.05, 0.1) is 17.9 Å². The third kappa shape index (κ3) is 6.34. The minimum Gasteiger partial charge on any atom is -0.460 e. The van der Waals surface area contributed by atoms with Crippen molar-refractivity contribution >= 4 is 11.6 Å². The number of nitrogens with one attached hydrogen (secondary N) is 1. The first-order chi connectivity index (χ1) is 16.0. The molecule has 34 heavy (non-hydrogen) atoms.